The van der Waals surface area contributed by atoms with Gasteiger partial charge in [-0.05, 0) is 67.4 Å². The van der Waals surface area contributed by atoms with E-state index < -0.39 is 5.91 Å². The molecule has 34 heavy (non-hydrogen) atoms. The lowest BCUT2D eigenvalue weighted by Crippen LogP contribution is -2.35. The fourth-order valence-corrected chi connectivity index (χ4v) is 4.34. The van der Waals surface area contributed by atoms with Gasteiger partial charge < -0.3 is 14.2 Å². The number of nitrogens with one attached hydrogen (secondary N) is 1. The molecule has 0 saturated heterocycles. The number of hydrogen-bond acceptors (Lipinski definition) is 7. The molecule has 0 saturated carbocycles. The van der Waals surface area contributed by atoms with Gasteiger partial charge in [-0.25, -0.2) is 0 Å². The van der Waals surface area contributed by atoms with Crippen LogP contribution in [0.1, 0.15) is 30.9 Å². The Labute approximate surface area is 202 Å². The summed E-state index contributed by atoms with van der Waals surface area (Å²) in [5, 5.41) is 15.6. The second-order valence-corrected chi connectivity index (χ2v) is 8.72. The number of aryl methyl sites for hydroxylation is 1. The molecule has 0 unspecified atom stereocenters. The number of rotatable bonds is 9. The lowest BCUT2D eigenvalue weighted by Gasteiger charge is -2.20. The van der Waals surface area contributed by atoms with Crippen molar-refractivity contribution < 1.29 is 19.0 Å². The molecule has 1 amide bonds. The number of hydrazone groups is 1. The van der Waals surface area contributed by atoms with Crippen LogP contribution in [-0.2, 0) is 4.79 Å². The lowest BCUT2D eigenvalue weighted by molar-refractivity contribution is -0.114. The number of thioether (sulfide) groups is 1. The number of ether oxygens (including phenoxy) is 3. The fourth-order valence-electron chi connectivity index (χ4n) is 3.35. The summed E-state index contributed by atoms with van der Waals surface area (Å²) in [6, 6.07) is 13.2. The van der Waals surface area contributed by atoms with Crippen LogP contribution >= 0.6 is 11.8 Å². The Hall–Kier alpha value is -3.59. The van der Waals surface area contributed by atoms with Crippen molar-refractivity contribution in [2.45, 2.75) is 26.7 Å². The van der Waals surface area contributed by atoms with E-state index in [1.165, 1.54) is 22.3 Å². The highest BCUT2D eigenvalue weighted by Gasteiger charge is 2.35. The van der Waals surface area contributed by atoms with Gasteiger partial charge >= 0.3 is 0 Å². The molecule has 2 aliphatic rings. The maximum Gasteiger partial charge on any atom is 0.283 e. The molecular weight excluding hydrogens is 452 g/mol. The van der Waals surface area contributed by atoms with Crippen molar-refractivity contribution >= 4 is 39.8 Å². The third-order valence-corrected chi connectivity index (χ3v) is 6.06. The zero-order valence-corrected chi connectivity index (χ0v) is 20.1. The molecule has 8 nitrogen and oxygen atoms in total. The van der Waals surface area contributed by atoms with Crippen molar-refractivity contribution in [1.29, 1.82) is 5.41 Å². The van der Waals surface area contributed by atoms with Crippen LogP contribution in [0.3, 0.4) is 0 Å². The van der Waals surface area contributed by atoms with Gasteiger partial charge in [0.15, 0.2) is 17.3 Å². The fraction of sp³-hybridized carbons (Fsp3) is 0.280. The van der Waals surface area contributed by atoms with Crippen LogP contribution < -0.4 is 14.2 Å². The number of fused-ring (bicyclic) bond motifs is 1. The molecule has 2 aliphatic heterocycles. The van der Waals surface area contributed by atoms with Crippen LogP contribution in [0.15, 0.2) is 58.1 Å². The zero-order valence-electron chi connectivity index (χ0n) is 19.3. The smallest absolute Gasteiger partial charge is 0.283 e. The molecule has 176 valence electrons. The topological polar surface area (TPSA) is 96.6 Å². The van der Waals surface area contributed by atoms with Crippen LogP contribution in [0.4, 0.5) is 0 Å². The predicted molar refractivity (Wildman–Crippen MR) is 135 cm³/mol. The molecule has 2 aromatic rings. The van der Waals surface area contributed by atoms with Gasteiger partial charge in [-0.1, -0.05) is 30.7 Å². The molecule has 2 heterocycles. The summed E-state index contributed by atoms with van der Waals surface area (Å²) < 4.78 is 17.0. The number of carbonyl (C=O) groups excluding carboxylic acids is 1. The molecule has 2 aromatic carbocycles. The molecule has 4 rings (SSSR count). The number of methoxy groups -OCH3 is 1. The quantitative estimate of drug-likeness (QED) is 0.408. The Morgan fingerprint density at radius 3 is 2.59 bits per heavy atom. The molecule has 0 spiro atoms. The van der Waals surface area contributed by atoms with Gasteiger partial charge in [-0.3, -0.25) is 10.2 Å². The third-order valence-electron chi connectivity index (χ3n) is 5.09. The summed E-state index contributed by atoms with van der Waals surface area (Å²) in [6.45, 7) is 4.81. The summed E-state index contributed by atoms with van der Waals surface area (Å²) in [6.07, 6.45) is 3.34. The van der Waals surface area contributed by atoms with Crippen LogP contribution in [0, 0.1) is 12.3 Å². The van der Waals surface area contributed by atoms with E-state index in [1.807, 2.05) is 31.2 Å². The summed E-state index contributed by atoms with van der Waals surface area (Å²) in [5.74, 6) is 1.43. The number of benzene rings is 2. The maximum atomic E-state index is 12.6. The lowest BCUT2D eigenvalue weighted by atomic mass is 10.1. The number of hydrogen-bond donors (Lipinski definition) is 1. The van der Waals surface area contributed by atoms with E-state index in [0.717, 1.165) is 23.6 Å². The Morgan fingerprint density at radius 1 is 1.09 bits per heavy atom. The molecule has 0 atom stereocenters. The van der Waals surface area contributed by atoms with Crippen molar-refractivity contribution in [3.8, 4) is 17.2 Å². The summed E-state index contributed by atoms with van der Waals surface area (Å²) in [7, 11) is 1.55. The second kappa shape index (κ2) is 10.6. The highest BCUT2D eigenvalue weighted by atomic mass is 32.2. The minimum Gasteiger partial charge on any atom is -0.493 e. The first-order chi connectivity index (χ1) is 16.5. The van der Waals surface area contributed by atoms with E-state index in [9.17, 15) is 4.79 Å². The van der Waals surface area contributed by atoms with Gasteiger partial charge in [0.2, 0.25) is 5.17 Å². The maximum absolute atomic E-state index is 12.6. The van der Waals surface area contributed by atoms with Crippen LogP contribution in [-0.4, -0.2) is 47.3 Å². The zero-order chi connectivity index (χ0) is 24.1. The van der Waals surface area contributed by atoms with Gasteiger partial charge in [0.05, 0.1) is 12.7 Å². The number of carbonyl (C=O) groups is 1. The highest BCUT2D eigenvalue weighted by molar-refractivity contribution is 8.26. The molecular formula is C25H26N4O4S. The minimum absolute atomic E-state index is 0.0150. The van der Waals surface area contributed by atoms with Crippen molar-refractivity contribution in [2.24, 2.45) is 10.1 Å². The van der Waals surface area contributed by atoms with Crippen molar-refractivity contribution in [3.05, 3.63) is 59.2 Å². The van der Waals surface area contributed by atoms with Gasteiger partial charge in [0.1, 0.15) is 24.0 Å². The van der Waals surface area contributed by atoms with E-state index in [2.05, 4.69) is 17.0 Å². The van der Waals surface area contributed by atoms with E-state index in [1.54, 1.807) is 31.4 Å². The SMILES string of the molecule is CCCC1=NN2C(=N)/C(=C/c3ccc(OCCOc4ccc(C)cc4)c(OC)c3)C(=O)N=C2S1. The average molecular weight is 479 g/mol. The molecule has 0 aromatic heterocycles. The van der Waals surface area contributed by atoms with Crippen molar-refractivity contribution in [3.63, 3.8) is 0 Å². The Balaban J connectivity index is 1.43. The van der Waals surface area contributed by atoms with E-state index in [-0.39, 0.29) is 11.4 Å². The van der Waals surface area contributed by atoms with Gasteiger partial charge in [0.25, 0.3) is 5.91 Å². The summed E-state index contributed by atoms with van der Waals surface area (Å²) in [5.41, 5.74) is 2.04. The second-order valence-electron chi connectivity index (χ2n) is 7.68. The molecule has 0 radical (unpaired) electrons. The van der Waals surface area contributed by atoms with E-state index in [0.29, 0.717) is 35.4 Å². The largest absolute Gasteiger partial charge is 0.493 e. The first-order valence-electron chi connectivity index (χ1n) is 11.0. The van der Waals surface area contributed by atoms with E-state index in [4.69, 9.17) is 19.6 Å². The number of amidine groups is 2. The highest BCUT2D eigenvalue weighted by Crippen LogP contribution is 2.32. The van der Waals surface area contributed by atoms with E-state index >= 15 is 0 Å². The molecule has 0 bridgehead atoms. The third kappa shape index (κ3) is 5.31. The van der Waals surface area contributed by atoms with Gasteiger partial charge in [0, 0.05) is 0 Å². The van der Waals surface area contributed by atoms with Crippen LogP contribution in [0.25, 0.3) is 6.08 Å². The molecule has 0 fully saturated rings. The first-order valence-corrected chi connectivity index (χ1v) is 11.8. The summed E-state index contributed by atoms with van der Waals surface area (Å²) in [4.78, 5) is 16.7. The van der Waals surface area contributed by atoms with Crippen molar-refractivity contribution in [1.82, 2.24) is 5.01 Å². The number of amides is 1. The van der Waals surface area contributed by atoms with Crippen LogP contribution in [0.5, 0.6) is 17.2 Å². The molecule has 9 heteroatoms. The van der Waals surface area contributed by atoms with Crippen molar-refractivity contribution in [2.75, 3.05) is 20.3 Å². The average Bonchev–Trinajstić information content (AvgIpc) is 3.24. The normalized spacial score (nSPS) is 16.3. The first kappa shape index (κ1) is 23.6. The molecule has 0 aliphatic carbocycles. The Morgan fingerprint density at radius 2 is 1.85 bits per heavy atom. The van der Waals surface area contributed by atoms with Gasteiger partial charge in [-0.15, -0.1) is 0 Å². The summed E-state index contributed by atoms with van der Waals surface area (Å²) >= 11 is 1.34. The Bertz CT molecular complexity index is 1190. The number of aliphatic imine (C=N–C) groups is 1. The predicted octanol–water partition coefficient (Wildman–Crippen LogP) is 4.88. The standard InChI is InChI=1S/C25H26N4O4S/c1-4-5-22-28-29-23(26)19(24(30)27-25(29)34-22)14-17-8-11-20(21(15-17)31-3)33-13-12-32-18-9-6-16(2)7-10-18/h6-11,14-15,26H,4-5,12-13H2,1-3H3/b19-14-,26-23?. The number of nitrogens with zero attached hydrogens (tertiary/aromatic N) is 3. The molecule has 1 N–H and O–H groups in total. The minimum atomic E-state index is -0.454. The van der Waals surface area contributed by atoms with Crippen LogP contribution in [0.2, 0.25) is 0 Å². The Kier molecular flexibility index (Phi) is 7.32. The van der Waals surface area contributed by atoms with Gasteiger partial charge in [-0.2, -0.15) is 15.1 Å². The monoisotopic (exact) mass is 478 g/mol.